The van der Waals surface area contributed by atoms with E-state index < -0.39 is 0 Å². The molecule has 3 heterocycles. The van der Waals surface area contributed by atoms with Gasteiger partial charge in [0.1, 0.15) is 0 Å². The fourth-order valence-electron chi connectivity index (χ4n) is 4.42. The molecule has 0 spiro atoms. The van der Waals surface area contributed by atoms with Crippen LogP contribution in [0.5, 0.6) is 0 Å². The number of carbonyl (C=O) groups excluding carboxylic acids is 3. The minimum Gasteiger partial charge on any atom is -0.373 e. The van der Waals surface area contributed by atoms with Crippen molar-refractivity contribution >= 4 is 17.7 Å². The molecule has 3 saturated heterocycles. The smallest absolute Gasteiger partial charge is 0.235 e. The highest BCUT2D eigenvalue weighted by atomic mass is 16.5. The van der Waals surface area contributed by atoms with Crippen LogP contribution in [0, 0.1) is 11.8 Å². The van der Waals surface area contributed by atoms with E-state index in [9.17, 15) is 14.4 Å². The number of amides is 3. The molecule has 0 N–H and O–H groups in total. The Balaban J connectivity index is 1.56. The zero-order valence-electron chi connectivity index (χ0n) is 15.4. The maximum Gasteiger partial charge on any atom is 0.235 e. The van der Waals surface area contributed by atoms with E-state index in [2.05, 4.69) is 13.8 Å². The lowest BCUT2D eigenvalue weighted by Crippen LogP contribution is -2.39. The average Bonchev–Trinajstić information content (AvgIpc) is 3.28. The van der Waals surface area contributed by atoms with Gasteiger partial charge in [0.25, 0.3) is 0 Å². The van der Waals surface area contributed by atoms with Crippen molar-refractivity contribution in [2.24, 2.45) is 11.8 Å². The number of ether oxygens (including phenoxy) is 1. The van der Waals surface area contributed by atoms with Crippen molar-refractivity contribution in [2.45, 2.75) is 71.0 Å². The predicted octanol–water partition coefficient (Wildman–Crippen LogP) is 1.97. The Morgan fingerprint density at radius 1 is 1.04 bits per heavy atom. The third-order valence-corrected chi connectivity index (χ3v) is 5.84. The molecule has 3 fully saturated rings. The van der Waals surface area contributed by atoms with Gasteiger partial charge in [-0.3, -0.25) is 19.3 Å². The summed E-state index contributed by atoms with van der Waals surface area (Å²) in [5, 5.41) is 0. The van der Waals surface area contributed by atoms with E-state index in [0.29, 0.717) is 0 Å². The fraction of sp³-hybridized carbons (Fsp3) is 0.842. The number of likely N-dealkylation sites (tertiary alicyclic amines) is 1. The number of hydrogen-bond acceptors (Lipinski definition) is 4. The zero-order chi connectivity index (χ0) is 18.0. The van der Waals surface area contributed by atoms with Crippen LogP contribution in [0.3, 0.4) is 0 Å². The lowest BCUT2D eigenvalue weighted by molar-refractivity contribution is -0.143. The molecule has 25 heavy (non-hydrogen) atoms. The quantitative estimate of drug-likeness (QED) is 0.596. The van der Waals surface area contributed by atoms with Gasteiger partial charge in [0, 0.05) is 26.1 Å². The minimum absolute atomic E-state index is 0.0544. The molecule has 4 atom stereocenters. The molecule has 0 aromatic carbocycles. The number of nitrogens with zero attached hydrogens (tertiary/aromatic N) is 2. The van der Waals surface area contributed by atoms with Gasteiger partial charge in [-0.1, -0.05) is 26.7 Å². The van der Waals surface area contributed by atoms with Crippen LogP contribution in [0.25, 0.3) is 0 Å². The van der Waals surface area contributed by atoms with Crippen LogP contribution >= 0.6 is 0 Å². The van der Waals surface area contributed by atoms with E-state index in [4.69, 9.17) is 4.74 Å². The molecule has 6 nitrogen and oxygen atoms in total. The first kappa shape index (κ1) is 18.4. The summed E-state index contributed by atoms with van der Waals surface area (Å²) in [6.07, 6.45) is 5.88. The maximum atomic E-state index is 12.6. The normalized spacial score (nSPS) is 30.2. The van der Waals surface area contributed by atoms with Crippen molar-refractivity contribution in [2.75, 3.05) is 19.6 Å². The molecule has 0 aromatic heterocycles. The van der Waals surface area contributed by atoms with Crippen molar-refractivity contribution in [3.8, 4) is 0 Å². The summed E-state index contributed by atoms with van der Waals surface area (Å²) in [6.45, 7) is 5.97. The predicted molar refractivity (Wildman–Crippen MR) is 92.6 cm³/mol. The van der Waals surface area contributed by atoms with Crippen molar-refractivity contribution in [3.05, 3.63) is 0 Å². The van der Waals surface area contributed by atoms with Gasteiger partial charge >= 0.3 is 0 Å². The molecular formula is C19H30N2O4. The Morgan fingerprint density at radius 3 is 2.04 bits per heavy atom. The molecule has 3 amide bonds. The number of carbonyl (C=O) groups is 3. The van der Waals surface area contributed by atoms with Gasteiger partial charge in [0.15, 0.2) is 0 Å². The number of rotatable bonds is 9. The maximum absolute atomic E-state index is 12.6. The second-order valence-electron chi connectivity index (χ2n) is 7.51. The Morgan fingerprint density at radius 2 is 1.56 bits per heavy atom. The summed E-state index contributed by atoms with van der Waals surface area (Å²) in [6, 6.07) is 0. The van der Waals surface area contributed by atoms with E-state index in [1.54, 1.807) is 0 Å². The summed E-state index contributed by atoms with van der Waals surface area (Å²) in [5.74, 6) is -0.776. The Bertz CT molecular complexity index is 500. The van der Waals surface area contributed by atoms with Crippen molar-refractivity contribution in [1.29, 1.82) is 0 Å². The largest absolute Gasteiger partial charge is 0.373 e. The first-order valence-electron chi connectivity index (χ1n) is 9.86. The molecule has 3 aliphatic heterocycles. The number of imide groups is 1. The Hall–Kier alpha value is -1.43. The van der Waals surface area contributed by atoms with Gasteiger partial charge in [-0.25, -0.2) is 0 Å². The van der Waals surface area contributed by atoms with Crippen LogP contribution in [-0.4, -0.2) is 59.4 Å². The number of hydrogen-bond donors (Lipinski definition) is 0. The average molecular weight is 350 g/mol. The Labute approximate surface area is 149 Å². The van der Waals surface area contributed by atoms with Gasteiger partial charge in [-0.15, -0.1) is 0 Å². The first-order valence-corrected chi connectivity index (χ1v) is 9.86. The summed E-state index contributed by atoms with van der Waals surface area (Å²) >= 11 is 0. The molecule has 0 aromatic rings. The SMILES string of the molecule is CCCCN(CCCC)C(=O)CCN1C(=O)C2C3CCC(O3)C2C1=O. The van der Waals surface area contributed by atoms with Crippen LogP contribution in [0.4, 0.5) is 0 Å². The van der Waals surface area contributed by atoms with Gasteiger partial charge in [-0.05, 0) is 25.7 Å². The zero-order valence-corrected chi connectivity index (χ0v) is 15.4. The van der Waals surface area contributed by atoms with Gasteiger partial charge in [0.05, 0.1) is 24.0 Å². The van der Waals surface area contributed by atoms with E-state index in [-0.39, 0.29) is 54.7 Å². The third-order valence-electron chi connectivity index (χ3n) is 5.84. The summed E-state index contributed by atoms with van der Waals surface area (Å²) in [4.78, 5) is 41.0. The van der Waals surface area contributed by atoms with Crippen molar-refractivity contribution in [3.63, 3.8) is 0 Å². The highest BCUT2D eigenvalue weighted by Gasteiger charge is 2.62. The first-order chi connectivity index (χ1) is 12.1. The Kier molecular flexibility index (Phi) is 5.77. The summed E-state index contributed by atoms with van der Waals surface area (Å²) < 4.78 is 5.74. The van der Waals surface area contributed by atoms with Gasteiger partial charge < -0.3 is 9.64 Å². The van der Waals surface area contributed by atoms with Crippen LogP contribution in [0.1, 0.15) is 58.8 Å². The molecule has 3 rings (SSSR count). The lowest BCUT2D eigenvalue weighted by atomic mass is 9.81. The standard InChI is InChI=1S/C19H30N2O4/c1-3-5-10-20(11-6-4-2)15(22)9-12-21-18(23)16-13-7-8-14(25-13)17(16)19(21)24/h13-14,16-17H,3-12H2,1-2H3. The fourth-order valence-corrected chi connectivity index (χ4v) is 4.42. The van der Waals surface area contributed by atoms with Gasteiger partial charge in [0.2, 0.25) is 17.7 Å². The van der Waals surface area contributed by atoms with Crippen molar-refractivity contribution < 1.29 is 19.1 Å². The monoisotopic (exact) mass is 350 g/mol. The lowest BCUT2D eigenvalue weighted by Gasteiger charge is -2.24. The molecule has 3 aliphatic rings. The molecule has 0 radical (unpaired) electrons. The number of unbranched alkanes of at least 4 members (excludes halogenated alkanes) is 2. The van der Waals surface area contributed by atoms with E-state index in [1.165, 1.54) is 4.90 Å². The molecule has 140 valence electrons. The van der Waals surface area contributed by atoms with E-state index >= 15 is 0 Å². The minimum atomic E-state index is -0.294. The molecule has 2 bridgehead atoms. The van der Waals surface area contributed by atoms with Crippen molar-refractivity contribution in [1.82, 2.24) is 9.80 Å². The molecule has 0 aliphatic carbocycles. The molecule has 4 unspecified atom stereocenters. The summed E-state index contributed by atoms with van der Waals surface area (Å²) in [5.41, 5.74) is 0. The number of fused-ring (bicyclic) bond motifs is 5. The second-order valence-corrected chi connectivity index (χ2v) is 7.51. The van der Waals surface area contributed by atoms with Crippen LogP contribution in [0.15, 0.2) is 0 Å². The topological polar surface area (TPSA) is 66.9 Å². The highest BCUT2D eigenvalue weighted by molar-refractivity contribution is 6.06. The second kappa shape index (κ2) is 7.85. The highest BCUT2D eigenvalue weighted by Crippen LogP contribution is 2.48. The van der Waals surface area contributed by atoms with Crippen LogP contribution < -0.4 is 0 Å². The third kappa shape index (κ3) is 3.46. The molecular weight excluding hydrogens is 320 g/mol. The molecule has 6 heteroatoms. The van der Waals surface area contributed by atoms with E-state index in [1.807, 2.05) is 4.90 Å². The molecule has 0 saturated carbocycles. The van der Waals surface area contributed by atoms with Crippen LogP contribution in [0.2, 0.25) is 0 Å². The van der Waals surface area contributed by atoms with E-state index in [0.717, 1.165) is 51.6 Å². The van der Waals surface area contributed by atoms with Gasteiger partial charge in [-0.2, -0.15) is 0 Å². The van der Waals surface area contributed by atoms with Crippen LogP contribution in [-0.2, 0) is 19.1 Å². The summed E-state index contributed by atoms with van der Waals surface area (Å²) in [7, 11) is 0.